The molecule has 0 fully saturated rings. The number of halogens is 3. The minimum atomic E-state index is -4.41. The Hall–Kier alpha value is -2.83. The Morgan fingerprint density at radius 3 is 2.45 bits per heavy atom. The summed E-state index contributed by atoms with van der Waals surface area (Å²) in [4.78, 5) is 26.6. The molecule has 1 aliphatic carbocycles. The van der Waals surface area contributed by atoms with Gasteiger partial charge in [0.05, 0.1) is 24.6 Å². The summed E-state index contributed by atoms with van der Waals surface area (Å²) in [5, 5.41) is 0. The standard InChI is InChI=1S/C24H26F3NO3/c1-2-31-23(30)15-14-22(29)28(16-17-10-12-19(13-11-17)24(25,26)27)21-9-5-7-18-6-3-4-8-20(18)21/h3-4,6,8,10-13,21H,2,5,7,9,14-16H2,1H3. The van der Waals surface area contributed by atoms with E-state index in [9.17, 15) is 22.8 Å². The van der Waals surface area contributed by atoms with Gasteiger partial charge in [0, 0.05) is 13.0 Å². The molecular formula is C24H26F3NO3. The fourth-order valence-corrected chi connectivity index (χ4v) is 4.01. The van der Waals surface area contributed by atoms with Crippen molar-refractivity contribution in [1.82, 2.24) is 4.90 Å². The maximum Gasteiger partial charge on any atom is 0.416 e. The monoisotopic (exact) mass is 433 g/mol. The second kappa shape index (κ2) is 9.98. The van der Waals surface area contributed by atoms with Crippen molar-refractivity contribution in [2.45, 2.75) is 57.8 Å². The molecule has 0 saturated carbocycles. The van der Waals surface area contributed by atoms with Crippen LogP contribution in [0.5, 0.6) is 0 Å². The predicted molar refractivity (Wildman–Crippen MR) is 110 cm³/mol. The van der Waals surface area contributed by atoms with Crippen LogP contribution in [0.1, 0.15) is 60.9 Å². The van der Waals surface area contributed by atoms with Crippen molar-refractivity contribution in [3.8, 4) is 0 Å². The smallest absolute Gasteiger partial charge is 0.416 e. The number of esters is 1. The number of nitrogens with zero attached hydrogens (tertiary/aromatic N) is 1. The lowest BCUT2D eigenvalue weighted by molar-refractivity contribution is -0.146. The lowest BCUT2D eigenvalue weighted by Gasteiger charge is -2.36. The first-order chi connectivity index (χ1) is 14.8. The lowest BCUT2D eigenvalue weighted by atomic mass is 9.86. The van der Waals surface area contributed by atoms with Crippen LogP contribution in [0.2, 0.25) is 0 Å². The molecule has 1 atom stereocenters. The fourth-order valence-electron chi connectivity index (χ4n) is 4.01. The molecule has 2 aromatic rings. The number of carbonyl (C=O) groups is 2. The van der Waals surface area contributed by atoms with Gasteiger partial charge >= 0.3 is 12.1 Å². The van der Waals surface area contributed by atoms with E-state index in [-0.39, 0.29) is 37.9 Å². The molecule has 0 aromatic heterocycles. The van der Waals surface area contributed by atoms with Gasteiger partial charge in [0.2, 0.25) is 5.91 Å². The van der Waals surface area contributed by atoms with E-state index in [1.54, 1.807) is 11.8 Å². The van der Waals surface area contributed by atoms with Crippen LogP contribution in [-0.4, -0.2) is 23.4 Å². The van der Waals surface area contributed by atoms with Crippen LogP contribution in [0, 0.1) is 0 Å². The molecule has 0 heterocycles. The third kappa shape index (κ3) is 5.87. The van der Waals surface area contributed by atoms with E-state index in [1.165, 1.54) is 17.7 Å². The molecule has 4 nitrogen and oxygen atoms in total. The molecule has 1 unspecified atom stereocenters. The highest BCUT2D eigenvalue weighted by atomic mass is 19.4. The molecule has 0 radical (unpaired) electrons. The summed E-state index contributed by atoms with van der Waals surface area (Å²) in [6.45, 7) is 2.13. The van der Waals surface area contributed by atoms with Crippen LogP contribution in [0.15, 0.2) is 48.5 Å². The number of hydrogen-bond acceptors (Lipinski definition) is 3. The Labute approximate surface area is 180 Å². The number of rotatable bonds is 7. The number of fused-ring (bicyclic) bond motifs is 1. The Kier molecular flexibility index (Phi) is 7.36. The highest BCUT2D eigenvalue weighted by Crippen LogP contribution is 2.36. The quantitative estimate of drug-likeness (QED) is 0.545. The van der Waals surface area contributed by atoms with E-state index in [0.717, 1.165) is 37.0 Å². The molecule has 7 heteroatoms. The molecule has 0 N–H and O–H groups in total. The van der Waals surface area contributed by atoms with Gasteiger partial charge in [0.1, 0.15) is 0 Å². The molecule has 0 aliphatic heterocycles. The summed E-state index contributed by atoms with van der Waals surface area (Å²) in [6, 6.07) is 12.6. The second-order valence-corrected chi connectivity index (χ2v) is 7.63. The van der Waals surface area contributed by atoms with Crippen molar-refractivity contribution in [2.24, 2.45) is 0 Å². The van der Waals surface area contributed by atoms with Crippen LogP contribution in [-0.2, 0) is 33.5 Å². The summed E-state index contributed by atoms with van der Waals surface area (Å²) < 4.78 is 43.6. The number of carbonyl (C=O) groups excluding carboxylic acids is 2. The van der Waals surface area contributed by atoms with Crippen molar-refractivity contribution < 1.29 is 27.5 Å². The van der Waals surface area contributed by atoms with Crippen molar-refractivity contribution >= 4 is 11.9 Å². The maximum atomic E-state index is 13.1. The van der Waals surface area contributed by atoms with Gasteiger partial charge in [0.25, 0.3) is 0 Å². The summed E-state index contributed by atoms with van der Waals surface area (Å²) in [7, 11) is 0. The van der Waals surface area contributed by atoms with Crippen LogP contribution in [0.4, 0.5) is 13.2 Å². The van der Waals surface area contributed by atoms with Gasteiger partial charge in [-0.25, -0.2) is 0 Å². The zero-order valence-corrected chi connectivity index (χ0v) is 17.5. The lowest BCUT2D eigenvalue weighted by Crippen LogP contribution is -2.36. The number of amides is 1. The topological polar surface area (TPSA) is 46.6 Å². The molecular weight excluding hydrogens is 407 g/mol. The summed E-state index contributed by atoms with van der Waals surface area (Å²) >= 11 is 0. The molecule has 0 saturated heterocycles. The maximum absolute atomic E-state index is 13.1. The molecule has 31 heavy (non-hydrogen) atoms. The Morgan fingerprint density at radius 2 is 1.77 bits per heavy atom. The molecule has 166 valence electrons. The molecule has 2 aromatic carbocycles. The largest absolute Gasteiger partial charge is 0.466 e. The van der Waals surface area contributed by atoms with Gasteiger partial charge < -0.3 is 9.64 Å². The number of alkyl halides is 3. The minimum absolute atomic E-state index is 0.00185. The van der Waals surface area contributed by atoms with Crippen molar-refractivity contribution in [3.63, 3.8) is 0 Å². The number of benzene rings is 2. The fraction of sp³-hybridized carbons (Fsp3) is 0.417. The Morgan fingerprint density at radius 1 is 1.06 bits per heavy atom. The van der Waals surface area contributed by atoms with E-state index < -0.39 is 17.7 Å². The summed E-state index contributed by atoms with van der Waals surface area (Å²) in [5.74, 6) is -0.649. The third-order valence-electron chi connectivity index (χ3n) is 5.52. The predicted octanol–water partition coefficient (Wildman–Crippen LogP) is 5.45. The normalized spacial score (nSPS) is 15.8. The first kappa shape index (κ1) is 22.8. The summed E-state index contributed by atoms with van der Waals surface area (Å²) in [6.07, 6.45) is -1.82. The van der Waals surface area contributed by atoms with E-state index in [2.05, 4.69) is 0 Å². The van der Waals surface area contributed by atoms with Crippen LogP contribution < -0.4 is 0 Å². The number of hydrogen-bond donors (Lipinski definition) is 0. The highest BCUT2D eigenvalue weighted by Gasteiger charge is 2.31. The van der Waals surface area contributed by atoms with Gasteiger partial charge in [-0.05, 0) is 55.0 Å². The average Bonchev–Trinajstić information content (AvgIpc) is 2.75. The van der Waals surface area contributed by atoms with Gasteiger partial charge in [-0.2, -0.15) is 13.2 Å². The molecule has 3 rings (SSSR count). The molecule has 1 amide bonds. The van der Waals surface area contributed by atoms with Crippen molar-refractivity contribution in [2.75, 3.05) is 6.61 Å². The SMILES string of the molecule is CCOC(=O)CCC(=O)N(Cc1ccc(C(F)(F)F)cc1)C1CCCc2ccccc21. The summed E-state index contributed by atoms with van der Waals surface area (Å²) in [5.41, 5.74) is 2.12. The zero-order chi connectivity index (χ0) is 22.4. The highest BCUT2D eigenvalue weighted by molar-refractivity contribution is 5.81. The van der Waals surface area contributed by atoms with Crippen molar-refractivity contribution in [3.05, 3.63) is 70.8 Å². The van der Waals surface area contributed by atoms with Crippen LogP contribution in [0.3, 0.4) is 0 Å². The van der Waals surface area contributed by atoms with Crippen LogP contribution in [0.25, 0.3) is 0 Å². The van der Waals surface area contributed by atoms with E-state index in [4.69, 9.17) is 4.74 Å². The Balaban J connectivity index is 1.84. The average molecular weight is 433 g/mol. The van der Waals surface area contributed by atoms with E-state index >= 15 is 0 Å². The number of ether oxygens (including phenoxy) is 1. The van der Waals surface area contributed by atoms with Crippen LogP contribution >= 0.6 is 0 Å². The van der Waals surface area contributed by atoms with E-state index in [1.807, 2.05) is 24.3 Å². The minimum Gasteiger partial charge on any atom is -0.466 e. The van der Waals surface area contributed by atoms with E-state index in [0.29, 0.717) is 5.56 Å². The Bertz CT molecular complexity index is 909. The molecule has 0 bridgehead atoms. The van der Waals surface area contributed by atoms with Gasteiger partial charge in [-0.15, -0.1) is 0 Å². The molecule has 0 spiro atoms. The first-order valence-electron chi connectivity index (χ1n) is 10.5. The molecule has 1 aliphatic rings. The number of aryl methyl sites for hydroxylation is 1. The van der Waals surface area contributed by atoms with Crippen molar-refractivity contribution in [1.29, 1.82) is 0 Å². The van der Waals surface area contributed by atoms with Gasteiger partial charge in [-0.1, -0.05) is 36.4 Å². The van der Waals surface area contributed by atoms with Gasteiger partial charge in [-0.3, -0.25) is 9.59 Å². The first-order valence-corrected chi connectivity index (χ1v) is 10.5. The third-order valence-corrected chi connectivity index (χ3v) is 5.52. The zero-order valence-electron chi connectivity index (χ0n) is 17.5. The van der Waals surface area contributed by atoms with Gasteiger partial charge in [0.15, 0.2) is 0 Å². The second-order valence-electron chi connectivity index (χ2n) is 7.63.